The van der Waals surface area contributed by atoms with E-state index in [0.717, 1.165) is 6.42 Å². The SMILES string of the molecule is CCC[C@H](NC(=O)OC(C)(C)C)C(=O)NCCS. The highest BCUT2D eigenvalue weighted by molar-refractivity contribution is 7.80. The van der Waals surface area contributed by atoms with Crippen molar-refractivity contribution >= 4 is 24.6 Å². The maximum absolute atomic E-state index is 11.8. The Morgan fingerprint density at radius 1 is 1.33 bits per heavy atom. The van der Waals surface area contributed by atoms with Gasteiger partial charge in [-0.05, 0) is 27.2 Å². The fourth-order valence-electron chi connectivity index (χ4n) is 1.31. The number of hydrogen-bond acceptors (Lipinski definition) is 4. The van der Waals surface area contributed by atoms with Gasteiger partial charge in [0.05, 0.1) is 0 Å². The Morgan fingerprint density at radius 2 is 1.94 bits per heavy atom. The van der Waals surface area contributed by atoms with Crippen molar-refractivity contribution in [3.05, 3.63) is 0 Å². The second-order valence-corrected chi connectivity index (χ2v) is 5.45. The van der Waals surface area contributed by atoms with Crippen LogP contribution in [0.25, 0.3) is 0 Å². The number of carbonyl (C=O) groups excluding carboxylic acids is 2. The lowest BCUT2D eigenvalue weighted by Gasteiger charge is -2.23. The van der Waals surface area contributed by atoms with Gasteiger partial charge in [0.15, 0.2) is 0 Å². The van der Waals surface area contributed by atoms with Crippen LogP contribution in [-0.2, 0) is 9.53 Å². The van der Waals surface area contributed by atoms with Crippen LogP contribution < -0.4 is 10.6 Å². The molecule has 0 aromatic heterocycles. The van der Waals surface area contributed by atoms with Crippen LogP contribution in [0.15, 0.2) is 0 Å². The number of rotatable bonds is 6. The third-order valence-electron chi connectivity index (χ3n) is 2.00. The summed E-state index contributed by atoms with van der Waals surface area (Å²) in [5.74, 6) is 0.369. The van der Waals surface area contributed by atoms with Crippen molar-refractivity contribution in [2.45, 2.75) is 52.2 Å². The number of nitrogens with one attached hydrogen (secondary N) is 2. The average molecular weight is 276 g/mol. The first-order chi connectivity index (χ1) is 8.30. The number of amides is 2. The minimum atomic E-state index is -0.568. The predicted molar refractivity (Wildman–Crippen MR) is 74.9 cm³/mol. The van der Waals surface area contributed by atoms with Crippen molar-refractivity contribution in [2.24, 2.45) is 0 Å². The van der Waals surface area contributed by atoms with Gasteiger partial charge in [0, 0.05) is 12.3 Å². The molecule has 0 aliphatic rings. The Bertz CT molecular complexity index is 277. The maximum Gasteiger partial charge on any atom is 0.408 e. The van der Waals surface area contributed by atoms with E-state index in [1.807, 2.05) is 6.92 Å². The zero-order valence-corrected chi connectivity index (χ0v) is 12.5. The van der Waals surface area contributed by atoms with Crippen LogP contribution in [0.4, 0.5) is 4.79 Å². The summed E-state index contributed by atoms with van der Waals surface area (Å²) in [6, 6.07) is -0.551. The summed E-state index contributed by atoms with van der Waals surface area (Å²) in [4.78, 5) is 23.4. The lowest BCUT2D eigenvalue weighted by Crippen LogP contribution is -2.48. The standard InChI is InChI=1S/C12H24N2O3S/c1-5-6-9(10(15)13-7-8-18)14-11(16)17-12(2,3)4/h9,18H,5-8H2,1-4H3,(H,13,15)(H,14,16)/t9-/m0/s1. The molecule has 1 atom stereocenters. The normalized spacial score (nSPS) is 12.7. The summed E-state index contributed by atoms with van der Waals surface area (Å²) in [6.07, 6.45) is 0.814. The molecule has 0 aliphatic heterocycles. The van der Waals surface area contributed by atoms with Crippen LogP contribution in [0.3, 0.4) is 0 Å². The van der Waals surface area contributed by atoms with Crippen LogP contribution in [0, 0.1) is 0 Å². The molecule has 0 saturated carbocycles. The molecule has 0 unspecified atom stereocenters. The number of ether oxygens (including phenoxy) is 1. The Hall–Kier alpha value is -0.910. The first-order valence-corrected chi connectivity index (χ1v) is 6.81. The molecule has 18 heavy (non-hydrogen) atoms. The van der Waals surface area contributed by atoms with Gasteiger partial charge in [0.25, 0.3) is 0 Å². The molecule has 0 aliphatic carbocycles. The molecule has 6 heteroatoms. The van der Waals surface area contributed by atoms with Crippen molar-refractivity contribution in [1.82, 2.24) is 10.6 Å². The first kappa shape index (κ1) is 17.1. The van der Waals surface area contributed by atoms with E-state index in [-0.39, 0.29) is 5.91 Å². The van der Waals surface area contributed by atoms with Gasteiger partial charge in [-0.3, -0.25) is 4.79 Å². The van der Waals surface area contributed by atoms with Gasteiger partial charge >= 0.3 is 6.09 Å². The van der Waals surface area contributed by atoms with E-state index in [0.29, 0.717) is 18.7 Å². The second-order valence-electron chi connectivity index (χ2n) is 5.00. The quantitative estimate of drug-likeness (QED) is 0.647. The summed E-state index contributed by atoms with van der Waals surface area (Å²) in [5, 5.41) is 5.28. The van der Waals surface area contributed by atoms with Gasteiger partial charge in [0.2, 0.25) is 5.91 Å². The van der Waals surface area contributed by atoms with Crippen molar-refractivity contribution < 1.29 is 14.3 Å². The molecule has 0 bridgehead atoms. The number of carbonyl (C=O) groups is 2. The average Bonchev–Trinajstić information content (AvgIpc) is 2.22. The lowest BCUT2D eigenvalue weighted by atomic mass is 10.1. The second kappa shape index (κ2) is 8.24. The summed E-state index contributed by atoms with van der Waals surface area (Å²) in [5.41, 5.74) is -0.567. The Labute approximate surface area is 114 Å². The molecule has 106 valence electrons. The number of alkyl carbamates (subject to hydrolysis) is 1. The highest BCUT2D eigenvalue weighted by Gasteiger charge is 2.23. The highest BCUT2D eigenvalue weighted by atomic mass is 32.1. The van der Waals surface area contributed by atoms with Gasteiger partial charge in [-0.1, -0.05) is 13.3 Å². The summed E-state index contributed by atoms with van der Waals surface area (Å²) in [6.45, 7) is 7.78. The molecule has 0 rings (SSSR count). The zero-order valence-electron chi connectivity index (χ0n) is 11.6. The topological polar surface area (TPSA) is 67.4 Å². The van der Waals surface area contributed by atoms with E-state index in [9.17, 15) is 9.59 Å². The molecule has 0 aromatic carbocycles. The molecule has 2 amide bonds. The molecule has 0 aromatic rings. The van der Waals surface area contributed by atoms with Gasteiger partial charge < -0.3 is 15.4 Å². The van der Waals surface area contributed by atoms with Crippen LogP contribution >= 0.6 is 12.6 Å². The third-order valence-corrected chi connectivity index (χ3v) is 2.22. The van der Waals surface area contributed by atoms with Gasteiger partial charge in [0.1, 0.15) is 11.6 Å². The van der Waals surface area contributed by atoms with E-state index in [4.69, 9.17) is 4.74 Å². The molecule has 0 fully saturated rings. The molecular formula is C12H24N2O3S. The number of hydrogen-bond donors (Lipinski definition) is 3. The minimum absolute atomic E-state index is 0.197. The summed E-state index contributed by atoms with van der Waals surface area (Å²) < 4.78 is 5.12. The monoisotopic (exact) mass is 276 g/mol. The molecular weight excluding hydrogens is 252 g/mol. The fourth-order valence-corrected chi connectivity index (χ4v) is 1.42. The Morgan fingerprint density at radius 3 is 2.39 bits per heavy atom. The third kappa shape index (κ3) is 8.22. The lowest BCUT2D eigenvalue weighted by molar-refractivity contribution is -0.123. The molecule has 0 heterocycles. The fraction of sp³-hybridized carbons (Fsp3) is 0.833. The summed E-state index contributed by atoms with van der Waals surface area (Å²) >= 11 is 4.02. The highest BCUT2D eigenvalue weighted by Crippen LogP contribution is 2.07. The van der Waals surface area contributed by atoms with Crippen LogP contribution in [0.1, 0.15) is 40.5 Å². The van der Waals surface area contributed by atoms with Gasteiger partial charge in [-0.15, -0.1) is 0 Å². The van der Waals surface area contributed by atoms with Crippen LogP contribution in [0.2, 0.25) is 0 Å². The molecule has 5 nitrogen and oxygen atoms in total. The van der Waals surface area contributed by atoms with E-state index < -0.39 is 17.7 Å². The van der Waals surface area contributed by atoms with Crippen LogP contribution in [0.5, 0.6) is 0 Å². The first-order valence-electron chi connectivity index (χ1n) is 6.18. The van der Waals surface area contributed by atoms with Gasteiger partial charge in [-0.25, -0.2) is 4.79 Å². The van der Waals surface area contributed by atoms with E-state index >= 15 is 0 Å². The largest absolute Gasteiger partial charge is 0.444 e. The van der Waals surface area contributed by atoms with Crippen molar-refractivity contribution in [1.29, 1.82) is 0 Å². The van der Waals surface area contributed by atoms with Gasteiger partial charge in [-0.2, -0.15) is 12.6 Å². The van der Waals surface area contributed by atoms with Crippen molar-refractivity contribution in [3.8, 4) is 0 Å². The maximum atomic E-state index is 11.8. The zero-order chi connectivity index (χ0) is 14.2. The Kier molecular flexibility index (Phi) is 7.82. The summed E-state index contributed by atoms with van der Waals surface area (Å²) in [7, 11) is 0. The molecule has 0 saturated heterocycles. The predicted octanol–water partition coefficient (Wildman–Crippen LogP) is 1.73. The number of thiol groups is 1. The van der Waals surface area contributed by atoms with E-state index in [1.54, 1.807) is 20.8 Å². The Balaban J connectivity index is 4.34. The minimum Gasteiger partial charge on any atom is -0.444 e. The van der Waals surface area contributed by atoms with E-state index in [2.05, 4.69) is 23.3 Å². The molecule has 0 spiro atoms. The smallest absolute Gasteiger partial charge is 0.408 e. The van der Waals surface area contributed by atoms with Crippen molar-refractivity contribution in [3.63, 3.8) is 0 Å². The molecule has 0 radical (unpaired) electrons. The van der Waals surface area contributed by atoms with Crippen LogP contribution in [-0.4, -0.2) is 35.9 Å². The molecule has 2 N–H and O–H groups in total. The van der Waals surface area contributed by atoms with E-state index in [1.165, 1.54) is 0 Å². The van der Waals surface area contributed by atoms with Crippen molar-refractivity contribution in [2.75, 3.05) is 12.3 Å².